The number of allylic oxidation sites excluding steroid dienone is 1. The van der Waals surface area contributed by atoms with Gasteiger partial charge < -0.3 is 15.5 Å². The van der Waals surface area contributed by atoms with Gasteiger partial charge in [-0.25, -0.2) is 0 Å². The zero-order valence-corrected chi connectivity index (χ0v) is 30.4. The number of hydrogen-bond acceptors (Lipinski definition) is 3. The molecule has 0 saturated heterocycles. The van der Waals surface area contributed by atoms with E-state index in [0.717, 1.165) is 34.2 Å². The topological polar surface area (TPSA) is 51.2 Å². The number of benzene rings is 8. The van der Waals surface area contributed by atoms with E-state index in [1.54, 1.807) is 0 Å². The maximum Gasteiger partial charge on any atom is 0.136 e. The van der Waals surface area contributed by atoms with Crippen molar-refractivity contribution in [2.45, 2.75) is 31.8 Å². The summed E-state index contributed by atoms with van der Waals surface area (Å²) >= 11 is 0. The molecule has 0 bridgehead atoms. The van der Waals surface area contributed by atoms with Gasteiger partial charge in [-0.05, 0) is 103 Å². The Labute approximate surface area is 315 Å². The Balaban J connectivity index is 1.07. The Hall–Kier alpha value is -6.42. The van der Waals surface area contributed by atoms with Crippen LogP contribution in [0, 0.1) is 0 Å². The van der Waals surface area contributed by atoms with Gasteiger partial charge in [0.25, 0.3) is 0 Å². The zero-order chi connectivity index (χ0) is 36.4. The summed E-state index contributed by atoms with van der Waals surface area (Å²) in [6, 6.07) is 58.7. The van der Waals surface area contributed by atoms with E-state index in [4.69, 9.17) is 10.2 Å². The van der Waals surface area contributed by atoms with Crippen molar-refractivity contribution in [2.24, 2.45) is 5.73 Å². The van der Waals surface area contributed by atoms with Gasteiger partial charge in [-0.1, -0.05) is 153 Å². The summed E-state index contributed by atoms with van der Waals surface area (Å²) in [5, 5.41) is 11.0. The molecule has 0 amide bonds. The van der Waals surface area contributed by atoms with E-state index in [2.05, 4.69) is 171 Å². The standard InChI is InChI=1S/C51H40N2O/c1-51(2)43-21-11-20-40(48(43)41-29-36-16-6-7-17-37(36)31-44(41)51)45(53-50(52)34-14-4-3-5-15-34)25-22-32-12-10-18-35(28-32)38-24-26-46-42(30-38)49-39-19-9-8-13-33(39)23-27-47(49)54-46/h3-21,23-31,50,53H,22,52H2,1-2H3/b45-25-. The van der Waals surface area contributed by atoms with E-state index in [1.807, 2.05) is 18.2 Å². The first-order chi connectivity index (χ1) is 26.4. The van der Waals surface area contributed by atoms with Crippen molar-refractivity contribution in [3.63, 3.8) is 0 Å². The minimum atomic E-state index is -0.377. The van der Waals surface area contributed by atoms with Gasteiger partial charge in [-0.2, -0.15) is 0 Å². The fourth-order valence-electron chi connectivity index (χ4n) is 8.68. The van der Waals surface area contributed by atoms with Gasteiger partial charge >= 0.3 is 0 Å². The quantitative estimate of drug-likeness (QED) is 0.163. The average molecular weight is 697 g/mol. The molecule has 1 heterocycles. The van der Waals surface area contributed by atoms with Gasteiger partial charge in [0.15, 0.2) is 0 Å². The third-order valence-corrected chi connectivity index (χ3v) is 11.5. The van der Waals surface area contributed by atoms with Crippen molar-refractivity contribution in [3.8, 4) is 22.3 Å². The molecular weight excluding hydrogens is 657 g/mol. The molecule has 1 aromatic heterocycles. The molecule has 0 spiro atoms. The van der Waals surface area contributed by atoms with Gasteiger partial charge in [-0.15, -0.1) is 0 Å². The Morgan fingerprint density at radius 1 is 0.630 bits per heavy atom. The molecule has 3 N–H and O–H groups in total. The van der Waals surface area contributed by atoms with Crippen LogP contribution in [0.15, 0.2) is 174 Å². The van der Waals surface area contributed by atoms with Crippen LogP contribution in [0.1, 0.15) is 47.8 Å². The number of rotatable bonds is 7. The fraction of sp³-hybridized carbons (Fsp3) is 0.0980. The Kier molecular flexibility index (Phi) is 7.53. The molecule has 1 aliphatic carbocycles. The predicted molar refractivity (Wildman–Crippen MR) is 226 cm³/mol. The summed E-state index contributed by atoms with van der Waals surface area (Å²) in [5.41, 5.74) is 20.7. The van der Waals surface area contributed by atoms with Crippen LogP contribution in [-0.4, -0.2) is 0 Å². The van der Waals surface area contributed by atoms with Gasteiger partial charge in [0.1, 0.15) is 17.3 Å². The lowest BCUT2D eigenvalue weighted by atomic mass is 9.81. The molecule has 9 aromatic rings. The summed E-state index contributed by atoms with van der Waals surface area (Å²) < 4.78 is 6.31. The molecule has 260 valence electrons. The summed E-state index contributed by atoms with van der Waals surface area (Å²) in [4.78, 5) is 0. The van der Waals surface area contributed by atoms with Gasteiger partial charge in [-0.3, -0.25) is 0 Å². The molecule has 1 aliphatic rings. The molecule has 0 fully saturated rings. The van der Waals surface area contributed by atoms with Gasteiger partial charge in [0, 0.05) is 27.4 Å². The highest BCUT2D eigenvalue weighted by atomic mass is 16.3. The second-order valence-corrected chi connectivity index (χ2v) is 15.1. The van der Waals surface area contributed by atoms with Crippen LogP contribution in [0.4, 0.5) is 0 Å². The molecule has 8 aromatic carbocycles. The molecule has 10 rings (SSSR count). The van der Waals surface area contributed by atoms with Crippen LogP contribution < -0.4 is 11.1 Å². The number of furan rings is 1. The predicted octanol–water partition coefficient (Wildman–Crippen LogP) is 12.7. The van der Waals surface area contributed by atoms with E-state index in [1.165, 1.54) is 71.4 Å². The van der Waals surface area contributed by atoms with Crippen molar-refractivity contribution in [1.29, 1.82) is 0 Å². The first-order valence-electron chi connectivity index (χ1n) is 18.8. The normalized spacial score (nSPS) is 14.1. The molecule has 0 radical (unpaired) electrons. The molecule has 1 atom stereocenters. The summed E-state index contributed by atoms with van der Waals surface area (Å²) in [7, 11) is 0. The SMILES string of the molecule is CC1(C)c2cc3ccccc3cc2-c2c(/C(=C/Cc3cccc(-c4ccc5oc6ccc7ccccc7c6c5c4)c3)NC(N)c3ccccc3)cccc21. The monoisotopic (exact) mass is 696 g/mol. The Bertz CT molecular complexity index is 2930. The van der Waals surface area contributed by atoms with Crippen LogP contribution in [-0.2, 0) is 11.8 Å². The van der Waals surface area contributed by atoms with E-state index < -0.39 is 0 Å². The number of fused-ring (bicyclic) bond motifs is 9. The first-order valence-corrected chi connectivity index (χ1v) is 18.8. The van der Waals surface area contributed by atoms with Crippen LogP contribution >= 0.6 is 0 Å². The summed E-state index contributed by atoms with van der Waals surface area (Å²) in [6.45, 7) is 4.70. The first kappa shape index (κ1) is 32.2. The van der Waals surface area contributed by atoms with Crippen LogP contribution in [0.25, 0.3) is 71.4 Å². The molecular formula is C51H40N2O. The van der Waals surface area contributed by atoms with E-state index in [-0.39, 0.29) is 11.6 Å². The zero-order valence-electron chi connectivity index (χ0n) is 30.4. The van der Waals surface area contributed by atoms with Crippen molar-refractivity contribution >= 4 is 49.2 Å². The number of nitrogens with one attached hydrogen (secondary N) is 1. The highest BCUT2D eigenvalue weighted by Crippen LogP contribution is 2.52. The van der Waals surface area contributed by atoms with E-state index >= 15 is 0 Å². The fourth-order valence-corrected chi connectivity index (χ4v) is 8.68. The number of hydrogen-bond donors (Lipinski definition) is 2. The summed E-state index contributed by atoms with van der Waals surface area (Å²) in [6.07, 6.45) is 2.68. The third-order valence-electron chi connectivity index (χ3n) is 11.5. The molecule has 3 nitrogen and oxygen atoms in total. The Morgan fingerprint density at radius 2 is 1.35 bits per heavy atom. The van der Waals surface area contributed by atoms with Crippen molar-refractivity contribution in [3.05, 3.63) is 198 Å². The minimum Gasteiger partial charge on any atom is -0.456 e. The lowest BCUT2D eigenvalue weighted by Crippen LogP contribution is -2.28. The number of nitrogens with two attached hydrogens (primary N) is 1. The molecule has 54 heavy (non-hydrogen) atoms. The minimum absolute atomic E-state index is 0.139. The van der Waals surface area contributed by atoms with Crippen molar-refractivity contribution in [2.75, 3.05) is 0 Å². The molecule has 3 heteroatoms. The van der Waals surface area contributed by atoms with Gasteiger partial charge in [0.2, 0.25) is 0 Å². The van der Waals surface area contributed by atoms with Crippen molar-refractivity contribution in [1.82, 2.24) is 5.32 Å². The third kappa shape index (κ3) is 5.31. The largest absolute Gasteiger partial charge is 0.456 e. The highest BCUT2D eigenvalue weighted by Gasteiger charge is 2.37. The molecule has 1 unspecified atom stereocenters. The van der Waals surface area contributed by atoms with E-state index in [0.29, 0.717) is 0 Å². The van der Waals surface area contributed by atoms with Crippen LogP contribution in [0.5, 0.6) is 0 Å². The lowest BCUT2D eigenvalue weighted by molar-refractivity contribution is 0.659. The van der Waals surface area contributed by atoms with Crippen molar-refractivity contribution < 1.29 is 4.42 Å². The van der Waals surface area contributed by atoms with Crippen LogP contribution in [0.3, 0.4) is 0 Å². The maximum atomic E-state index is 6.92. The molecule has 0 saturated carbocycles. The Morgan fingerprint density at radius 3 is 2.20 bits per heavy atom. The second kappa shape index (κ2) is 12.6. The highest BCUT2D eigenvalue weighted by molar-refractivity contribution is 6.19. The smallest absolute Gasteiger partial charge is 0.136 e. The summed E-state index contributed by atoms with van der Waals surface area (Å²) in [5.74, 6) is 0. The second-order valence-electron chi connectivity index (χ2n) is 15.1. The molecule has 0 aliphatic heterocycles. The lowest BCUT2D eigenvalue weighted by Gasteiger charge is -2.23. The van der Waals surface area contributed by atoms with Gasteiger partial charge in [0.05, 0.1) is 0 Å². The van der Waals surface area contributed by atoms with Crippen LogP contribution in [0.2, 0.25) is 0 Å². The van der Waals surface area contributed by atoms with E-state index in [9.17, 15) is 0 Å². The maximum absolute atomic E-state index is 6.92. The average Bonchev–Trinajstić information content (AvgIpc) is 3.70.